The third-order valence-corrected chi connectivity index (χ3v) is 7.32. The van der Waals surface area contributed by atoms with Crippen LogP contribution in [0.3, 0.4) is 0 Å². The number of nitrogens with one attached hydrogen (secondary N) is 1. The van der Waals surface area contributed by atoms with Gasteiger partial charge in [0.05, 0.1) is 28.7 Å². The Morgan fingerprint density at radius 2 is 1.58 bits per heavy atom. The molecule has 0 radical (unpaired) electrons. The topological polar surface area (TPSA) is 92.8 Å². The maximum Gasteiger partial charge on any atom is 0.261 e. The highest BCUT2D eigenvalue weighted by Crippen LogP contribution is 2.22. The largest absolute Gasteiger partial charge is 0.379 e. The fraction of sp³-hybridized carbons (Fsp3) is 0.294. The van der Waals surface area contributed by atoms with Crippen molar-refractivity contribution >= 4 is 25.7 Å². The number of ether oxygens (including phenoxy) is 1. The lowest BCUT2D eigenvalue weighted by atomic mass is 10.2. The first-order valence-corrected chi connectivity index (χ1v) is 11.0. The highest BCUT2D eigenvalue weighted by atomic mass is 32.2. The fourth-order valence-corrected chi connectivity index (χ4v) is 5.09. The normalized spacial score (nSPS) is 16.3. The molecule has 140 valence electrons. The van der Waals surface area contributed by atoms with Gasteiger partial charge < -0.3 is 4.74 Å². The molecule has 1 saturated heterocycles. The summed E-state index contributed by atoms with van der Waals surface area (Å²) in [5.74, 6) is 0. The van der Waals surface area contributed by atoms with Crippen LogP contribution in [0.5, 0.6) is 0 Å². The first kappa shape index (κ1) is 18.8. The predicted molar refractivity (Wildman–Crippen MR) is 98.0 cm³/mol. The maximum atomic E-state index is 12.7. The Hall–Kier alpha value is -1.94. The van der Waals surface area contributed by atoms with Gasteiger partial charge in [-0.15, -0.1) is 0 Å². The third kappa shape index (κ3) is 4.07. The number of morpholine rings is 1. The first-order chi connectivity index (χ1) is 12.3. The molecule has 0 saturated carbocycles. The molecule has 0 bridgehead atoms. The predicted octanol–water partition coefficient (Wildman–Crippen LogP) is 1.82. The molecule has 3 rings (SSSR count). The van der Waals surface area contributed by atoms with E-state index in [2.05, 4.69) is 4.72 Å². The van der Waals surface area contributed by atoms with Gasteiger partial charge in [0, 0.05) is 13.1 Å². The lowest BCUT2D eigenvalue weighted by Crippen LogP contribution is -2.40. The minimum atomic E-state index is -3.80. The summed E-state index contributed by atoms with van der Waals surface area (Å²) >= 11 is 0. The molecular weight excluding hydrogens is 376 g/mol. The molecule has 9 heteroatoms. The Kier molecular flexibility index (Phi) is 5.33. The standard InChI is InChI=1S/C17H20N2O5S2/c1-14-5-7-16(8-6-14)25(20,21)18-15-3-2-4-17(13-15)26(22,23)19-9-11-24-12-10-19/h2-8,13,18H,9-12H2,1H3. The van der Waals surface area contributed by atoms with Crippen molar-refractivity contribution in [2.45, 2.75) is 16.7 Å². The van der Waals surface area contributed by atoms with Crippen LogP contribution >= 0.6 is 0 Å². The minimum absolute atomic E-state index is 0.0449. The molecule has 1 aliphatic heterocycles. The van der Waals surface area contributed by atoms with Crippen molar-refractivity contribution in [1.29, 1.82) is 0 Å². The molecule has 0 amide bonds. The molecule has 1 heterocycles. The smallest absolute Gasteiger partial charge is 0.261 e. The van der Waals surface area contributed by atoms with Crippen LogP contribution in [0.1, 0.15) is 5.56 Å². The molecule has 26 heavy (non-hydrogen) atoms. The van der Waals surface area contributed by atoms with Crippen LogP contribution in [0.15, 0.2) is 58.3 Å². The van der Waals surface area contributed by atoms with E-state index in [-0.39, 0.29) is 28.6 Å². The Bertz CT molecular complexity index is 980. The molecular formula is C17H20N2O5S2. The summed E-state index contributed by atoms with van der Waals surface area (Å²) in [7, 11) is -7.49. The SMILES string of the molecule is Cc1ccc(S(=O)(=O)Nc2cccc(S(=O)(=O)N3CCOCC3)c2)cc1. The van der Waals surface area contributed by atoms with Gasteiger partial charge in [-0.1, -0.05) is 23.8 Å². The van der Waals surface area contributed by atoms with Crippen molar-refractivity contribution in [3.8, 4) is 0 Å². The Balaban J connectivity index is 1.86. The Labute approximate surface area is 153 Å². The number of nitrogens with zero attached hydrogens (tertiary/aromatic N) is 1. The van der Waals surface area contributed by atoms with Gasteiger partial charge in [-0.2, -0.15) is 4.31 Å². The summed E-state index contributed by atoms with van der Waals surface area (Å²) in [6.07, 6.45) is 0. The van der Waals surface area contributed by atoms with Gasteiger partial charge in [-0.3, -0.25) is 4.72 Å². The molecule has 0 unspecified atom stereocenters. The van der Waals surface area contributed by atoms with E-state index in [1.165, 1.54) is 40.7 Å². The molecule has 7 nitrogen and oxygen atoms in total. The number of aryl methyl sites for hydroxylation is 1. The van der Waals surface area contributed by atoms with Crippen molar-refractivity contribution in [2.75, 3.05) is 31.0 Å². The molecule has 2 aromatic rings. The van der Waals surface area contributed by atoms with Crippen LogP contribution < -0.4 is 4.72 Å². The lowest BCUT2D eigenvalue weighted by Gasteiger charge is -2.26. The van der Waals surface area contributed by atoms with Crippen molar-refractivity contribution in [3.63, 3.8) is 0 Å². The summed E-state index contributed by atoms with van der Waals surface area (Å²) in [6, 6.07) is 12.2. The van der Waals surface area contributed by atoms with Gasteiger partial charge >= 0.3 is 0 Å². The summed E-state index contributed by atoms with van der Waals surface area (Å²) in [5, 5.41) is 0. The molecule has 1 aliphatic rings. The quantitative estimate of drug-likeness (QED) is 0.832. The van der Waals surface area contributed by atoms with Gasteiger partial charge in [-0.05, 0) is 37.3 Å². The zero-order valence-corrected chi connectivity index (χ0v) is 15.9. The number of hydrogen-bond donors (Lipinski definition) is 1. The first-order valence-electron chi connectivity index (χ1n) is 8.06. The number of rotatable bonds is 5. The van der Waals surface area contributed by atoms with Crippen molar-refractivity contribution in [3.05, 3.63) is 54.1 Å². The lowest BCUT2D eigenvalue weighted by molar-refractivity contribution is 0.0730. The van der Waals surface area contributed by atoms with E-state index in [1.54, 1.807) is 12.1 Å². The molecule has 2 aromatic carbocycles. The molecule has 0 aromatic heterocycles. The van der Waals surface area contributed by atoms with E-state index in [0.29, 0.717) is 13.2 Å². The zero-order chi connectivity index (χ0) is 18.8. The van der Waals surface area contributed by atoms with Crippen LogP contribution in [0.25, 0.3) is 0 Å². The maximum absolute atomic E-state index is 12.7. The molecule has 1 fully saturated rings. The Morgan fingerprint density at radius 3 is 2.23 bits per heavy atom. The molecule has 0 aliphatic carbocycles. The average molecular weight is 396 g/mol. The highest BCUT2D eigenvalue weighted by molar-refractivity contribution is 7.92. The second-order valence-electron chi connectivity index (χ2n) is 5.96. The summed E-state index contributed by atoms with van der Waals surface area (Å²) in [5.41, 5.74) is 1.14. The van der Waals surface area contributed by atoms with Gasteiger partial charge in [0.15, 0.2) is 0 Å². The number of anilines is 1. The molecule has 1 N–H and O–H groups in total. The number of hydrogen-bond acceptors (Lipinski definition) is 5. The minimum Gasteiger partial charge on any atom is -0.379 e. The van der Waals surface area contributed by atoms with Crippen molar-refractivity contribution < 1.29 is 21.6 Å². The van der Waals surface area contributed by atoms with Crippen LogP contribution in [0.2, 0.25) is 0 Å². The van der Waals surface area contributed by atoms with E-state index in [9.17, 15) is 16.8 Å². The molecule has 0 spiro atoms. The summed E-state index contributed by atoms with van der Waals surface area (Å²) in [6.45, 7) is 3.12. The summed E-state index contributed by atoms with van der Waals surface area (Å²) < 4.78 is 59.3. The summed E-state index contributed by atoms with van der Waals surface area (Å²) in [4.78, 5) is 0.160. The monoisotopic (exact) mass is 396 g/mol. The molecule has 0 atom stereocenters. The van der Waals surface area contributed by atoms with Gasteiger partial charge in [0.1, 0.15) is 0 Å². The van der Waals surface area contributed by atoms with E-state index >= 15 is 0 Å². The fourth-order valence-electron chi connectivity index (χ4n) is 2.59. The number of sulfonamides is 2. The van der Waals surface area contributed by atoms with Gasteiger partial charge in [0.25, 0.3) is 10.0 Å². The van der Waals surface area contributed by atoms with Crippen LogP contribution in [-0.4, -0.2) is 47.4 Å². The second kappa shape index (κ2) is 7.36. The number of benzene rings is 2. The van der Waals surface area contributed by atoms with E-state index in [4.69, 9.17) is 4.74 Å². The Morgan fingerprint density at radius 1 is 0.923 bits per heavy atom. The van der Waals surface area contributed by atoms with Crippen molar-refractivity contribution in [2.24, 2.45) is 0 Å². The zero-order valence-electron chi connectivity index (χ0n) is 14.3. The van der Waals surface area contributed by atoms with Crippen LogP contribution in [-0.2, 0) is 24.8 Å². The van der Waals surface area contributed by atoms with Crippen LogP contribution in [0.4, 0.5) is 5.69 Å². The highest BCUT2D eigenvalue weighted by Gasteiger charge is 2.26. The second-order valence-corrected chi connectivity index (χ2v) is 9.58. The third-order valence-electron chi connectivity index (χ3n) is 4.03. The van der Waals surface area contributed by atoms with E-state index in [1.807, 2.05) is 6.92 Å². The van der Waals surface area contributed by atoms with Crippen molar-refractivity contribution in [1.82, 2.24) is 4.31 Å². The van der Waals surface area contributed by atoms with Crippen LogP contribution in [0, 0.1) is 6.92 Å². The van der Waals surface area contributed by atoms with Gasteiger partial charge in [-0.25, -0.2) is 16.8 Å². The van der Waals surface area contributed by atoms with E-state index < -0.39 is 20.0 Å². The van der Waals surface area contributed by atoms with E-state index in [0.717, 1.165) is 5.56 Å². The van der Waals surface area contributed by atoms with Gasteiger partial charge in [0.2, 0.25) is 10.0 Å². The average Bonchev–Trinajstić information content (AvgIpc) is 2.63.